The van der Waals surface area contributed by atoms with E-state index >= 15 is 0 Å². The van der Waals surface area contributed by atoms with E-state index in [0.29, 0.717) is 0 Å². The zero-order valence-corrected chi connectivity index (χ0v) is 23.0. The highest BCUT2D eigenvalue weighted by molar-refractivity contribution is 5.50. The van der Waals surface area contributed by atoms with Crippen LogP contribution in [0.3, 0.4) is 0 Å². The Morgan fingerprint density at radius 2 is 0.742 bits per heavy atom. The Labute approximate surface area is 193 Å². The Morgan fingerprint density at radius 3 is 1.10 bits per heavy atom. The Kier molecular flexibility index (Phi) is 6.46. The highest BCUT2D eigenvalue weighted by atomic mass is 14.4. The molecular weight excluding hydrogens is 372 g/mol. The van der Waals surface area contributed by atoms with Gasteiger partial charge in [-0.3, -0.25) is 0 Å². The van der Waals surface area contributed by atoms with Gasteiger partial charge in [0.2, 0.25) is 0 Å². The summed E-state index contributed by atoms with van der Waals surface area (Å²) in [7, 11) is 0. The lowest BCUT2D eigenvalue weighted by atomic mass is 9.67. The first-order valence-corrected chi connectivity index (χ1v) is 12.0. The van der Waals surface area contributed by atoms with Crippen molar-refractivity contribution in [2.24, 2.45) is 0 Å². The monoisotopic (exact) mass is 420 g/mol. The largest absolute Gasteiger partial charge is 0.0582 e. The third kappa shape index (κ3) is 5.63. The Bertz CT molecular complexity index is 894. The van der Waals surface area contributed by atoms with Gasteiger partial charge in [-0.05, 0) is 55.0 Å². The molecule has 0 aliphatic heterocycles. The smallest absolute Gasteiger partial charge is 0.0149 e. The van der Waals surface area contributed by atoms with Crippen LogP contribution in [0.4, 0.5) is 0 Å². The second kappa shape index (κ2) is 7.79. The van der Waals surface area contributed by atoms with Crippen LogP contribution in [-0.2, 0) is 27.1 Å². The zero-order valence-electron chi connectivity index (χ0n) is 23.0. The quantitative estimate of drug-likeness (QED) is 0.454. The van der Waals surface area contributed by atoms with E-state index < -0.39 is 0 Å². The minimum Gasteiger partial charge on any atom is -0.0582 e. The van der Waals surface area contributed by atoms with E-state index in [1.807, 2.05) is 0 Å². The molecule has 0 aliphatic rings. The molecule has 0 radical (unpaired) electrons. The molecule has 2 aromatic carbocycles. The summed E-state index contributed by atoms with van der Waals surface area (Å²) in [6, 6.07) is 14.6. The van der Waals surface area contributed by atoms with Gasteiger partial charge in [-0.1, -0.05) is 133 Å². The van der Waals surface area contributed by atoms with Crippen LogP contribution >= 0.6 is 0 Å². The zero-order chi connectivity index (χ0) is 24.2. The lowest BCUT2D eigenvalue weighted by Crippen LogP contribution is -2.28. The van der Waals surface area contributed by atoms with Crippen molar-refractivity contribution in [3.63, 3.8) is 0 Å². The summed E-state index contributed by atoms with van der Waals surface area (Å²) in [6.45, 7) is 32.7. The average molecular weight is 421 g/mol. The van der Waals surface area contributed by atoms with Crippen molar-refractivity contribution in [1.82, 2.24) is 0 Å². The van der Waals surface area contributed by atoms with E-state index in [4.69, 9.17) is 0 Å². The lowest BCUT2D eigenvalue weighted by molar-refractivity contribution is 0.533. The predicted octanol–water partition coefficient (Wildman–Crippen LogP) is 9.20. The van der Waals surface area contributed by atoms with Crippen molar-refractivity contribution >= 4 is 0 Å². The first kappa shape index (κ1) is 25.7. The number of hydrogen-bond acceptors (Lipinski definition) is 0. The molecule has 0 bridgehead atoms. The molecule has 0 heterocycles. The second-order valence-electron chi connectivity index (χ2n) is 14.2. The van der Waals surface area contributed by atoms with Crippen molar-refractivity contribution < 1.29 is 0 Å². The maximum Gasteiger partial charge on any atom is 0.0149 e. The highest BCUT2D eigenvalue weighted by Gasteiger charge is 2.33. The first-order chi connectivity index (χ1) is 13.6. The van der Waals surface area contributed by atoms with Crippen LogP contribution in [0, 0.1) is 0 Å². The number of benzene rings is 2. The minimum absolute atomic E-state index is 0.0921. The summed E-state index contributed by atoms with van der Waals surface area (Å²) in [4.78, 5) is 0. The molecule has 0 aliphatic carbocycles. The van der Waals surface area contributed by atoms with Crippen LogP contribution in [0.15, 0.2) is 36.4 Å². The molecule has 0 amide bonds. The van der Waals surface area contributed by atoms with Crippen molar-refractivity contribution in [3.8, 4) is 0 Å². The summed E-state index contributed by atoms with van der Waals surface area (Å²) >= 11 is 0. The van der Waals surface area contributed by atoms with Crippen molar-refractivity contribution in [3.05, 3.63) is 69.8 Å². The van der Waals surface area contributed by atoms with Gasteiger partial charge in [0, 0.05) is 5.41 Å². The summed E-state index contributed by atoms with van der Waals surface area (Å²) in [6.07, 6.45) is 0. The van der Waals surface area contributed by atoms with Gasteiger partial charge < -0.3 is 0 Å². The third-order valence-electron chi connectivity index (χ3n) is 6.75. The van der Waals surface area contributed by atoms with Gasteiger partial charge in [0.05, 0.1) is 0 Å². The molecule has 0 unspecified atom stereocenters. The molecule has 0 saturated heterocycles. The van der Waals surface area contributed by atoms with Gasteiger partial charge in [0.15, 0.2) is 0 Å². The Morgan fingerprint density at radius 1 is 0.355 bits per heavy atom. The topological polar surface area (TPSA) is 0 Å². The molecule has 0 atom stereocenters. The molecule has 0 nitrogen and oxygen atoms in total. The molecule has 0 aromatic heterocycles. The van der Waals surface area contributed by atoms with Gasteiger partial charge in [0.25, 0.3) is 0 Å². The maximum absolute atomic E-state index is 2.49. The van der Waals surface area contributed by atoms with Crippen LogP contribution < -0.4 is 0 Å². The van der Waals surface area contributed by atoms with E-state index in [-0.39, 0.29) is 27.1 Å². The van der Waals surface area contributed by atoms with E-state index in [2.05, 4.69) is 133 Å². The summed E-state index contributed by atoms with van der Waals surface area (Å²) in [5, 5.41) is 0. The first-order valence-electron chi connectivity index (χ1n) is 12.0. The fraction of sp³-hybridized carbons (Fsp3) is 0.613. The van der Waals surface area contributed by atoms with Gasteiger partial charge in [-0.25, -0.2) is 0 Å². The normalized spacial score (nSPS) is 14.1. The van der Waals surface area contributed by atoms with Crippen molar-refractivity contribution in [1.29, 1.82) is 0 Å². The number of hydrogen-bond donors (Lipinski definition) is 0. The van der Waals surface area contributed by atoms with E-state index in [0.717, 1.165) is 0 Å². The molecular formula is C31H48. The van der Waals surface area contributed by atoms with Gasteiger partial charge in [-0.2, -0.15) is 0 Å². The number of rotatable bonds is 2. The SMILES string of the molecule is CC(C)(C)c1cc(C(C)(C)C)cc(C(C)(C)c2cc(C(C)(C)C)ccc2C(C)(C)C)c1. The van der Waals surface area contributed by atoms with Crippen molar-refractivity contribution in [2.45, 2.75) is 124 Å². The molecule has 172 valence electrons. The lowest BCUT2D eigenvalue weighted by Gasteiger charge is -2.37. The van der Waals surface area contributed by atoms with E-state index in [1.54, 1.807) is 0 Å². The Balaban J connectivity index is 2.88. The second-order valence-corrected chi connectivity index (χ2v) is 14.2. The van der Waals surface area contributed by atoms with Crippen LogP contribution in [0.2, 0.25) is 0 Å². The molecule has 2 aromatic rings. The summed E-state index contributed by atoms with van der Waals surface area (Å²) in [5.74, 6) is 0. The van der Waals surface area contributed by atoms with Gasteiger partial charge in [-0.15, -0.1) is 0 Å². The van der Waals surface area contributed by atoms with Crippen LogP contribution in [0.1, 0.15) is 130 Å². The van der Waals surface area contributed by atoms with Gasteiger partial charge in [0.1, 0.15) is 0 Å². The fourth-order valence-corrected chi connectivity index (χ4v) is 4.19. The van der Waals surface area contributed by atoms with Gasteiger partial charge >= 0.3 is 0 Å². The average Bonchev–Trinajstić information content (AvgIpc) is 2.57. The molecule has 2 rings (SSSR count). The Hall–Kier alpha value is -1.56. The minimum atomic E-state index is -0.0921. The standard InChI is InChI=1S/C31H48/c1-27(2,3)21-15-16-25(30(10,11)12)26(20-21)31(13,14)24-18-22(28(4,5)6)17-23(19-24)29(7,8)9/h15-20H,1-14H3. The summed E-state index contributed by atoms with van der Waals surface area (Å²) < 4.78 is 0. The van der Waals surface area contributed by atoms with Crippen LogP contribution in [0.5, 0.6) is 0 Å². The van der Waals surface area contributed by atoms with E-state index in [9.17, 15) is 0 Å². The van der Waals surface area contributed by atoms with E-state index in [1.165, 1.54) is 33.4 Å². The van der Waals surface area contributed by atoms with Crippen LogP contribution in [0.25, 0.3) is 0 Å². The van der Waals surface area contributed by atoms with Crippen molar-refractivity contribution in [2.75, 3.05) is 0 Å². The fourth-order valence-electron chi connectivity index (χ4n) is 4.19. The predicted molar refractivity (Wildman–Crippen MR) is 140 cm³/mol. The third-order valence-corrected chi connectivity index (χ3v) is 6.75. The molecule has 0 saturated carbocycles. The molecule has 0 spiro atoms. The summed E-state index contributed by atoms with van der Waals surface area (Å²) in [5.41, 5.74) is 8.95. The van der Waals surface area contributed by atoms with Crippen LogP contribution in [-0.4, -0.2) is 0 Å². The maximum atomic E-state index is 2.49. The molecule has 31 heavy (non-hydrogen) atoms. The molecule has 0 fully saturated rings. The molecule has 0 N–H and O–H groups in total. The molecule has 0 heteroatoms. The highest BCUT2D eigenvalue weighted by Crippen LogP contribution is 2.42.